The van der Waals surface area contributed by atoms with E-state index in [0.717, 1.165) is 10.4 Å². The van der Waals surface area contributed by atoms with Gasteiger partial charge >= 0.3 is 5.97 Å². The third-order valence-electron chi connectivity index (χ3n) is 3.73. The number of thiophene rings is 1. The molecule has 0 unspecified atom stereocenters. The predicted molar refractivity (Wildman–Crippen MR) is 102 cm³/mol. The number of nitrogens with one attached hydrogen (secondary N) is 1. The van der Waals surface area contributed by atoms with Crippen LogP contribution in [0.3, 0.4) is 0 Å². The van der Waals surface area contributed by atoms with Gasteiger partial charge < -0.3 is 10.1 Å². The summed E-state index contributed by atoms with van der Waals surface area (Å²) in [7, 11) is 1.26. The Bertz CT molecular complexity index is 1010. The molecule has 0 saturated heterocycles. The zero-order valence-corrected chi connectivity index (χ0v) is 15.0. The Labute approximate surface area is 158 Å². The predicted octanol–water partition coefficient (Wildman–Crippen LogP) is 4.36. The number of nitrogens with zero attached hydrogens (tertiary/aromatic N) is 1. The molecule has 0 aliphatic rings. The third kappa shape index (κ3) is 4.01. The maximum atomic E-state index is 12.5. The van der Waals surface area contributed by atoms with Gasteiger partial charge in [-0.05, 0) is 17.7 Å². The first kappa shape index (κ1) is 18.3. The lowest BCUT2D eigenvalue weighted by Gasteiger charge is -2.05. The number of ether oxygens (including phenoxy) is 1. The van der Waals surface area contributed by atoms with Gasteiger partial charge in [-0.2, -0.15) is 0 Å². The normalized spacial score (nSPS) is 10.3. The largest absolute Gasteiger partial charge is 0.465 e. The van der Waals surface area contributed by atoms with Gasteiger partial charge in [0.05, 0.1) is 17.7 Å². The van der Waals surface area contributed by atoms with Crippen LogP contribution >= 0.6 is 11.3 Å². The van der Waals surface area contributed by atoms with E-state index in [2.05, 4.69) is 5.32 Å². The number of anilines is 1. The van der Waals surface area contributed by atoms with E-state index in [1.54, 1.807) is 6.07 Å². The molecular weight excluding hydrogens is 368 g/mol. The summed E-state index contributed by atoms with van der Waals surface area (Å²) in [5.74, 6) is -1.13. The molecule has 0 spiro atoms. The first-order chi connectivity index (χ1) is 13.0. The Kier molecular flexibility index (Phi) is 5.28. The molecule has 0 fully saturated rings. The van der Waals surface area contributed by atoms with Crippen LogP contribution in [0.15, 0.2) is 60.7 Å². The molecule has 1 aromatic heterocycles. The highest BCUT2D eigenvalue weighted by Crippen LogP contribution is 2.35. The van der Waals surface area contributed by atoms with Gasteiger partial charge in [0, 0.05) is 22.6 Å². The Hall–Kier alpha value is -3.52. The van der Waals surface area contributed by atoms with Crippen molar-refractivity contribution in [1.82, 2.24) is 0 Å². The summed E-state index contributed by atoms with van der Waals surface area (Å²) < 4.78 is 4.79. The van der Waals surface area contributed by atoms with E-state index in [0.29, 0.717) is 5.69 Å². The van der Waals surface area contributed by atoms with Crippen LogP contribution < -0.4 is 5.32 Å². The van der Waals surface area contributed by atoms with Gasteiger partial charge in [-0.3, -0.25) is 14.9 Å². The lowest BCUT2D eigenvalue weighted by Crippen LogP contribution is -2.14. The van der Waals surface area contributed by atoms with Crippen LogP contribution in [-0.2, 0) is 4.74 Å². The molecule has 0 radical (unpaired) electrons. The van der Waals surface area contributed by atoms with Crippen LogP contribution in [0.25, 0.3) is 10.4 Å². The van der Waals surface area contributed by atoms with Crippen LogP contribution in [0.4, 0.5) is 11.4 Å². The van der Waals surface area contributed by atoms with Crippen molar-refractivity contribution >= 4 is 34.6 Å². The second kappa shape index (κ2) is 7.79. The fraction of sp³-hybridized carbons (Fsp3) is 0.0526. The number of hydrogen-bond acceptors (Lipinski definition) is 6. The van der Waals surface area contributed by atoms with Crippen LogP contribution in [-0.4, -0.2) is 23.9 Å². The standard InChI is InChI=1S/C19H14N2O5S/c1-26-19(23)17-15(11-16(27-17)12-6-3-2-4-7-12)20-18(22)13-8-5-9-14(10-13)21(24)25/h2-11H,1H3,(H,20,22). The lowest BCUT2D eigenvalue weighted by molar-refractivity contribution is -0.384. The first-order valence-corrected chi connectivity index (χ1v) is 8.64. The van der Waals surface area contributed by atoms with Gasteiger partial charge in [-0.25, -0.2) is 4.79 Å². The SMILES string of the molecule is COC(=O)c1sc(-c2ccccc2)cc1NC(=O)c1cccc([N+](=O)[O-])c1. The number of esters is 1. The lowest BCUT2D eigenvalue weighted by atomic mass is 10.1. The van der Waals surface area contributed by atoms with Crippen molar-refractivity contribution < 1.29 is 19.2 Å². The van der Waals surface area contributed by atoms with E-state index in [-0.39, 0.29) is 16.1 Å². The third-order valence-corrected chi connectivity index (χ3v) is 4.89. The van der Waals surface area contributed by atoms with Crippen LogP contribution in [0.1, 0.15) is 20.0 Å². The second-order valence-electron chi connectivity index (χ2n) is 5.47. The summed E-state index contributed by atoms with van der Waals surface area (Å²) in [6.45, 7) is 0. The number of non-ortho nitro benzene ring substituents is 1. The number of rotatable bonds is 5. The molecule has 1 heterocycles. The maximum Gasteiger partial charge on any atom is 0.350 e. The van der Waals surface area contributed by atoms with Crippen LogP contribution in [0, 0.1) is 10.1 Å². The van der Waals surface area contributed by atoms with Gasteiger partial charge in [0.1, 0.15) is 4.88 Å². The molecule has 3 aromatic rings. The number of nitro groups is 1. The minimum absolute atomic E-state index is 0.118. The zero-order valence-electron chi connectivity index (χ0n) is 14.2. The van der Waals surface area contributed by atoms with Crippen molar-refractivity contribution in [2.24, 2.45) is 0 Å². The highest BCUT2D eigenvalue weighted by Gasteiger charge is 2.20. The molecule has 0 bridgehead atoms. The van der Waals surface area contributed by atoms with Gasteiger partial charge in [0.25, 0.3) is 11.6 Å². The average molecular weight is 382 g/mol. The minimum Gasteiger partial charge on any atom is -0.465 e. The summed E-state index contributed by atoms with van der Waals surface area (Å²) >= 11 is 1.19. The fourth-order valence-corrected chi connectivity index (χ4v) is 3.47. The molecule has 7 nitrogen and oxygen atoms in total. The number of carbonyl (C=O) groups excluding carboxylic acids is 2. The number of benzene rings is 2. The van der Waals surface area contributed by atoms with Crippen molar-refractivity contribution in [2.75, 3.05) is 12.4 Å². The summed E-state index contributed by atoms with van der Waals surface area (Å²) in [6, 6.07) is 16.4. The van der Waals surface area contributed by atoms with E-state index < -0.39 is 16.8 Å². The highest BCUT2D eigenvalue weighted by molar-refractivity contribution is 7.18. The molecule has 2 aromatic carbocycles. The fourth-order valence-electron chi connectivity index (χ4n) is 2.43. The van der Waals surface area contributed by atoms with Crippen LogP contribution in [0.2, 0.25) is 0 Å². The monoisotopic (exact) mass is 382 g/mol. The molecule has 0 aliphatic heterocycles. The van der Waals surface area contributed by atoms with Crippen molar-refractivity contribution in [3.8, 4) is 10.4 Å². The number of nitro benzene ring substituents is 1. The molecule has 0 aliphatic carbocycles. The summed E-state index contributed by atoms with van der Waals surface area (Å²) in [5.41, 5.74) is 1.12. The quantitative estimate of drug-likeness (QED) is 0.401. The smallest absolute Gasteiger partial charge is 0.350 e. The first-order valence-electron chi connectivity index (χ1n) is 7.83. The Balaban J connectivity index is 1.94. The molecule has 0 saturated carbocycles. The van der Waals surface area contributed by atoms with E-state index in [1.807, 2.05) is 30.3 Å². The average Bonchev–Trinajstić information content (AvgIpc) is 3.12. The van der Waals surface area contributed by atoms with Crippen molar-refractivity contribution in [2.45, 2.75) is 0 Å². The summed E-state index contributed by atoms with van der Waals surface area (Å²) in [4.78, 5) is 35.9. The number of carbonyl (C=O) groups is 2. The molecule has 3 rings (SSSR count). The van der Waals surface area contributed by atoms with E-state index in [1.165, 1.54) is 42.7 Å². The number of amides is 1. The zero-order chi connectivity index (χ0) is 19.4. The van der Waals surface area contributed by atoms with Gasteiger partial charge in [0.15, 0.2) is 0 Å². The van der Waals surface area contributed by atoms with E-state index in [4.69, 9.17) is 4.74 Å². The number of methoxy groups -OCH3 is 1. The Morgan fingerprint density at radius 3 is 2.48 bits per heavy atom. The maximum absolute atomic E-state index is 12.5. The molecule has 27 heavy (non-hydrogen) atoms. The van der Waals surface area contributed by atoms with Crippen molar-refractivity contribution in [3.63, 3.8) is 0 Å². The minimum atomic E-state index is -0.575. The molecule has 136 valence electrons. The van der Waals surface area contributed by atoms with Crippen molar-refractivity contribution in [1.29, 1.82) is 0 Å². The van der Waals surface area contributed by atoms with Gasteiger partial charge in [0.2, 0.25) is 0 Å². The summed E-state index contributed by atoms with van der Waals surface area (Å²) in [5, 5.41) is 13.5. The number of hydrogen-bond donors (Lipinski definition) is 1. The Morgan fingerprint density at radius 1 is 1.07 bits per heavy atom. The van der Waals surface area contributed by atoms with Crippen LogP contribution in [0.5, 0.6) is 0 Å². The van der Waals surface area contributed by atoms with Gasteiger partial charge in [-0.15, -0.1) is 11.3 Å². The van der Waals surface area contributed by atoms with Gasteiger partial charge in [-0.1, -0.05) is 36.4 Å². The topological polar surface area (TPSA) is 98.5 Å². The van der Waals surface area contributed by atoms with E-state index >= 15 is 0 Å². The molecule has 1 N–H and O–H groups in total. The second-order valence-corrected chi connectivity index (χ2v) is 6.52. The van der Waals surface area contributed by atoms with Crippen molar-refractivity contribution in [3.05, 3.63) is 81.2 Å². The molecule has 8 heteroatoms. The molecular formula is C19H14N2O5S. The van der Waals surface area contributed by atoms with E-state index in [9.17, 15) is 19.7 Å². The molecule has 0 atom stereocenters. The highest BCUT2D eigenvalue weighted by atomic mass is 32.1. The molecule has 1 amide bonds. The summed E-state index contributed by atoms with van der Waals surface area (Å²) in [6.07, 6.45) is 0. The Morgan fingerprint density at radius 2 is 1.81 bits per heavy atom.